The molecule has 0 aliphatic carbocycles. The van der Waals surface area contributed by atoms with Crippen LogP contribution in [0, 0.1) is 31.3 Å². The Morgan fingerprint density at radius 3 is 2.30 bits per heavy atom. The Morgan fingerprint density at radius 2 is 1.65 bits per heavy atom. The Bertz CT molecular complexity index is 660. The number of aryl methyl sites for hydroxylation is 1. The summed E-state index contributed by atoms with van der Waals surface area (Å²) in [4.78, 5) is 8.10. The maximum atomic E-state index is 13.6. The zero-order valence-electron chi connectivity index (χ0n) is 10.8. The molecule has 0 aliphatic rings. The molecule has 0 bridgehead atoms. The summed E-state index contributed by atoms with van der Waals surface area (Å²) >= 11 is 0. The average Bonchev–Trinajstić information content (AvgIpc) is 2.42. The third kappa shape index (κ3) is 2.50. The molecule has 20 heavy (non-hydrogen) atoms. The molecule has 0 saturated carbocycles. The van der Waals surface area contributed by atoms with Gasteiger partial charge < -0.3 is 10.7 Å². The average molecular weight is 283 g/mol. The van der Waals surface area contributed by atoms with Crippen molar-refractivity contribution >= 4 is 17.3 Å². The van der Waals surface area contributed by atoms with E-state index in [1.807, 2.05) is 0 Å². The molecule has 8 heteroatoms. The maximum absolute atomic E-state index is 13.6. The van der Waals surface area contributed by atoms with Gasteiger partial charge in [0.25, 0.3) is 0 Å². The Labute approximate surface area is 113 Å². The quantitative estimate of drug-likeness (QED) is 0.458. The molecule has 0 spiro atoms. The van der Waals surface area contributed by atoms with Gasteiger partial charge in [0.1, 0.15) is 17.5 Å². The molecule has 0 atom stereocenters. The van der Waals surface area contributed by atoms with Crippen LogP contribution >= 0.6 is 0 Å². The van der Waals surface area contributed by atoms with Crippen molar-refractivity contribution in [2.75, 3.05) is 10.7 Å². The summed E-state index contributed by atoms with van der Waals surface area (Å²) in [6, 6.07) is 1.91. The van der Waals surface area contributed by atoms with E-state index in [4.69, 9.17) is 5.84 Å². The van der Waals surface area contributed by atoms with Gasteiger partial charge in [-0.05, 0) is 26.0 Å². The molecule has 5 nitrogen and oxygen atoms in total. The van der Waals surface area contributed by atoms with Crippen LogP contribution in [-0.2, 0) is 0 Å². The number of rotatable bonds is 3. The van der Waals surface area contributed by atoms with Crippen molar-refractivity contribution in [2.24, 2.45) is 5.84 Å². The summed E-state index contributed by atoms with van der Waals surface area (Å²) in [6.07, 6.45) is 0. The minimum Gasteiger partial charge on any atom is -0.337 e. The molecule has 1 heterocycles. The first-order valence-corrected chi connectivity index (χ1v) is 5.66. The maximum Gasteiger partial charge on any atom is 0.196 e. The second kappa shape index (κ2) is 5.33. The van der Waals surface area contributed by atoms with E-state index in [0.29, 0.717) is 17.2 Å². The molecule has 1 aromatic heterocycles. The molecule has 0 amide bonds. The van der Waals surface area contributed by atoms with Crippen LogP contribution in [0.25, 0.3) is 0 Å². The number of benzene rings is 1. The molecule has 0 aliphatic heterocycles. The van der Waals surface area contributed by atoms with Gasteiger partial charge in [-0.1, -0.05) is 0 Å². The zero-order chi connectivity index (χ0) is 14.9. The second-order valence-electron chi connectivity index (χ2n) is 4.09. The van der Waals surface area contributed by atoms with Crippen LogP contribution in [-0.4, -0.2) is 9.97 Å². The van der Waals surface area contributed by atoms with E-state index in [-0.39, 0.29) is 11.5 Å². The summed E-state index contributed by atoms with van der Waals surface area (Å²) < 4.78 is 39.6. The highest BCUT2D eigenvalue weighted by Gasteiger charge is 2.15. The van der Waals surface area contributed by atoms with Crippen molar-refractivity contribution in [1.29, 1.82) is 0 Å². The molecule has 0 unspecified atom stereocenters. The largest absolute Gasteiger partial charge is 0.337 e. The van der Waals surface area contributed by atoms with Crippen LogP contribution in [0.2, 0.25) is 0 Å². The van der Waals surface area contributed by atoms with E-state index < -0.39 is 17.5 Å². The minimum absolute atomic E-state index is 0.229. The summed E-state index contributed by atoms with van der Waals surface area (Å²) in [5, 5.41) is 2.60. The van der Waals surface area contributed by atoms with Gasteiger partial charge in [-0.3, -0.25) is 0 Å². The van der Waals surface area contributed by atoms with Crippen molar-refractivity contribution in [2.45, 2.75) is 13.8 Å². The number of hydrogen-bond acceptors (Lipinski definition) is 5. The van der Waals surface area contributed by atoms with Crippen LogP contribution < -0.4 is 16.6 Å². The Morgan fingerprint density at radius 1 is 1.00 bits per heavy atom. The summed E-state index contributed by atoms with van der Waals surface area (Å²) in [6.45, 7) is 3.27. The van der Waals surface area contributed by atoms with E-state index in [2.05, 4.69) is 20.7 Å². The molecule has 0 saturated heterocycles. The number of hydrogen-bond donors (Lipinski definition) is 3. The molecule has 0 fully saturated rings. The normalized spacial score (nSPS) is 10.5. The third-order valence-corrected chi connectivity index (χ3v) is 2.68. The molecular weight excluding hydrogens is 271 g/mol. The highest BCUT2D eigenvalue weighted by molar-refractivity contribution is 5.64. The predicted molar refractivity (Wildman–Crippen MR) is 68.9 cm³/mol. The van der Waals surface area contributed by atoms with Gasteiger partial charge in [0, 0.05) is 5.56 Å². The first kappa shape index (κ1) is 14.1. The van der Waals surface area contributed by atoms with Crippen molar-refractivity contribution in [3.8, 4) is 0 Å². The number of hydrazine groups is 1. The van der Waals surface area contributed by atoms with Crippen molar-refractivity contribution in [3.05, 3.63) is 41.0 Å². The Kier molecular flexibility index (Phi) is 3.75. The van der Waals surface area contributed by atoms with Crippen molar-refractivity contribution in [3.63, 3.8) is 0 Å². The van der Waals surface area contributed by atoms with Crippen LogP contribution in [0.3, 0.4) is 0 Å². The SMILES string of the molecule is Cc1nc(NN)c(C)c(Nc2ccc(F)c(F)c2F)n1. The first-order chi connectivity index (χ1) is 9.43. The predicted octanol–water partition coefficient (Wildman–Crippen LogP) is 2.54. The Hall–Kier alpha value is -2.35. The number of nitrogens with one attached hydrogen (secondary N) is 2. The van der Waals surface area contributed by atoms with E-state index >= 15 is 0 Å². The first-order valence-electron chi connectivity index (χ1n) is 5.66. The van der Waals surface area contributed by atoms with Crippen LogP contribution in [0.4, 0.5) is 30.5 Å². The number of nitrogen functional groups attached to an aromatic ring is 1. The lowest BCUT2D eigenvalue weighted by Gasteiger charge is -2.13. The van der Waals surface area contributed by atoms with Gasteiger partial charge in [0.2, 0.25) is 0 Å². The fourth-order valence-corrected chi connectivity index (χ4v) is 1.64. The highest BCUT2D eigenvalue weighted by atomic mass is 19.2. The number of nitrogens with two attached hydrogens (primary N) is 1. The molecule has 4 N–H and O–H groups in total. The lowest BCUT2D eigenvalue weighted by atomic mass is 10.2. The van der Waals surface area contributed by atoms with E-state index in [1.165, 1.54) is 0 Å². The van der Waals surface area contributed by atoms with E-state index in [0.717, 1.165) is 12.1 Å². The van der Waals surface area contributed by atoms with Gasteiger partial charge in [-0.25, -0.2) is 29.0 Å². The van der Waals surface area contributed by atoms with E-state index in [1.54, 1.807) is 13.8 Å². The molecule has 2 rings (SSSR count). The fourth-order valence-electron chi connectivity index (χ4n) is 1.64. The molecule has 2 aromatic rings. The molecule has 0 radical (unpaired) electrons. The van der Waals surface area contributed by atoms with E-state index in [9.17, 15) is 13.2 Å². The second-order valence-corrected chi connectivity index (χ2v) is 4.09. The van der Waals surface area contributed by atoms with Crippen molar-refractivity contribution in [1.82, 2.24) is 9.97 Å². The van der Waals surface area contributed by atoms with Crippen LogP contribution in [0.5, 0.6) is 0 Å². The van der Waals surface area contributed by atoms with Gasteiger partial charge in [-0.15, -0.1) is 0 Å². The number of nitrogens with zero attached hydrogens (tertiary/aromatic N) is 2. The van der Waals surface area contributed by atoms with Crippen LogP contribution in [0.15, 0.2) is 12.1 Å². The van der Waals surface area contributed by atoms with Crippen molar-refractivity contribution < 1.29 is 13.2 Å². The molecule has 1 aromatic carbocycles. The number of aromatic nitrogens is 2. The van der Waals surface area contributed by atoms with Gasteiger partial charge in [0.05, 0.1) is 5.69 Å². The summed E-state index contributed by atoms with van der Waals surface area (Å²) in [5.74, 6) is 2.16. The van der Waals surface area contributed by atoms with Crippen LogP contribution in [0.1, 0.15) is 11.4 Å². The summed E-state index contributed by atoms with van der Waals surface area (Å²) in [7, 11) is 0. The minimum atomic E-state index is -1.55. The number of anilines is 3. The fraction of sp³-hybridized carbons (Fsp3) is 0.167. The monoisotopic (exact) mass is 283 g/mol. The summed E-state index contributed by atoms with van der Waals surface area (Å²) in [5.41, 5.74) is 2.67. The lowest BCUT2D eigenvalue weighted by Crippen LogP contribution is -2.13. The van der Waals surface area contributed by atoms with Gasteiger partial charge in [0.15, 0.2) is 17.5 Å². The topological polar surface area (TPSA) is 75.9 Å². The standard InChI is InChI=1S/C12H12F3N5/c1-5-11(17-6(2)18-12(5)20-16)19-8-4-3-7(13)9(14)10(8)15/h3-4H,16H2,1-2H3,(H2,17,18,19,20). The Balaban J connectivity index is 2.45. The molecule has 106 valence electrons. The third-order valence-electron chi connectivity index (χ3n) is 2.68. The molecular formula is C12H12F3N5. The van der Waals surface area contributed by atoms with Gasteiger partial charge in [-0.2, -0.15) is 0 Å². The van der Waals surface area contributed by atoms with Gasteiger partial charge >= 0.3 is 0 Å². The lowest BCUT2D eigenvalue weighted by molar-refractivity contribution is 0.449. The number of halogens is 3. The smallest absolute Gasteiger partial charge is 0.196 e. The highest BCUT2D eigenvalue weighted by Crippen LogP contribution is 2.26. The zero-order valence-corrected chi connectivity index (χ0v) is 10.8.